The molecule has 3 aromatic carbocycles. The quantitative estimate of drug-likeness (QED) is 0.470. The minimum atomic E-state index is -3.79. The van der Waals surface area contributed by atoms with Gasteiger partial charge in [0, 0.05) is 28.6 Å². The molecular formula is C20H17N3O5S. The molecule has 8 nitrogen and oxygen atoms in total. The number of hydrogen-bond acceptors (Lipinski definition) is 5. The van der Waals surface area contributed by atoms with Gasteiger partial charge in [-0.25, -0.2) is 8.42 Å². The van der Waals surface area contributed by atoms with E-state index in [1.165, 1.54) is 48.5 Å². The Morgan fingerprint density at radius 2 is 1.66 bits per heavy atom. The first-order valence-corrected chi connectivity index (χ1v) is 9.99. The minimum absolute atomic E-state index is 0.0989. The standard InChI is InChI=1S/C20H17N3O5S/c1-14-10-11-16(13-19(14)23(25)26)21-20(24)15-6-5-7-17(12-15)22-29(27,28)18-8-3-2-4-9-18/h2-13,22H,1H3,(H,21,24). The van der Waals surface area contributed by atoms with Gasteiger partial charge in [0.25, 0.3) is 21.6 Å². The van der Waals surface area contributed by atoms with E-state index in [9.17, 15) is 23.3 Å². The molecular weight excluding hydrogens is 394 g/mol. The van der Waals surface area contributed by atoms with E-state index in [-0.39, 0.29) is 27.5 Å². The van der Waals surface area contributed by atoms with E-state index in [4.69, 9.17) is 0 Å². The molecule has 0 heterocycles. The topological polar surface area (TPSA) is 118 Å². The lowest BCUT2D eigenvalue weighted by Crippen LogP contribution is -2.15. The summed E-state index contributed by atoms with van der Waals surface area (Å²) in [4.78, 5) is 23.1. The highest BCUT2D eigenvalue weighted by molar-refractivity contribution is 7.92. The van der Waals surface area contributed by atoms with Crippen LogP contribution in [0.2, 0.25) is 0 Å². The van der Waals surface area contributed by atoms with Crippen molar-refractivity contribution in [1.82, 2.24) is 0 Å². The molecule has 1 amide bonds. The van der Waals surface area contributed by atoms with E-state index >= 15 is 0 Å². The van der Waals surface area contributed by atoms with Crippen LogP contribution in [0, 0.1) is 17.0 Å². The average molecular weight is 411 g/mol. The molecule has 0 saturated heterocycles. The van der Waals surface area contributed by atoms with Crippen molar-refractivity contribution in [2.24, 2.45) is 0 Å². The van der Waals surface area contributed by atoms with Crippen LogP contribution in [-0.4, -0.2) is 19.2 Å². The van der Waals surface area contributed by atoms with Gasteiger partial charge < -0.3 is 5.32 Å². The maximum Gasteiger partial charge on any atom is 0.274 e. The lowest BCUT2D eigenvalue weighted by atomic mass is 10.1. The zero-order chi connectivity index (χ0) is 21.0. The third kappa shape index (κ3) is 4.77. The Balaban J connectivity index is 1.80. The molecule has 0 aliphatic heterocycles. The molecule has 148 valence electrons. The fourth-order valence-electron chi connectivity index (χ4n) is 2.62. The summed E-state index contributed by atoms with van der Waals surface area (Å²) in [6.07, 6.45) is 0. The van der Waals surface area contributed by atoms with Crippen LogP contribution in [0.15, 0.2) is 77.7 Å². The Kier molecular flexibility index (Phi) is 5.60. The van der Waals surface area contributed by atoms with E-state index in [1.807, 2.05) is 0 Å². The fourth-order valence-corrected chi connectivity index (χ4v) is 3.70. The Hall–Kier alpha value is -3.72. The van der Waals surface area contributed by atoms with Gasteiger partial charge in [0.1, 0.15) is 0 Å². The Bertz CT molecular complexity index is 1180. The maximum atomic E-state index is 12.5. The molecule has 3 aromatic rings. The molecule has 3 rings (SSSR count). The van der Waals surface area contributed by atoms with Crippen molar-refractivity contribution in [2.45, 2.75) is 11.8 Å². The summed E-state index contributed by atoms with van der Waals surface area (Å²) in [5.74, 6) is -0.524. The number of carbonyl (C=O) groups excluding carboxylic acids is 1. The molecule has 0 radical (unpaired) electrons. The summed E-state index contributed by atoms with van der Waals surface area (Å²) in [6.45, 7) is 1.60. The van der Waals surface area contributed by atoms with Crippen molar-refractivity contribution >= 4 is 33.0 Å². The molecule has 0 aliphatic rings. The lowest BCUT2D eigenvalue weighted by Gasteiger charge is -2.10. The average Bonchev–Trinajstić information content (AvgIpc) is 2.70. The molecule has 0 fully saturated rings. The molecule has 0 spiro atoms. The fraction of sp³-hybridized carbons (Fsp3) is 0.0500. The number of nitro groups is 1. The van der Waals surface area contributed by atoms with Crippen LogP contribution in [0.25, 0.3) is 0 Å². The molecule has 0 aromatic heterocycles. The summed E-state index contributed by atoms with van der Waals surface area (Å²) in [7, 11) is -3.79. The van der Waals surface area contributed by atoms with Crippen LogP contribution in [0.1, 0.15) is 15.9 Å². The number of amides is 1. The number of benzene rings is 3. The number of sulfonamides is 1. The molecule has 2 N–H and O–H groups in total. The van der Waals surface area contributed by atoms with E-state index in [1.54, 1.807) is 31.2 Å². The summed E-state index contributed by atoms with van der Waals surface area (Å²) < 4.78 is 27.3. The van der Waals surface area contributed by atoms with Gasteiger partial charge in [0.05, 0.1) is 9.82 Å². The number of hydrogen-bond donors (Lipinski definition) is 2. The number of nitrogens with zero attached hydrogens (tertiary/aromatic N) is 1. The summed E-state index contributed by atoms with van der Waals surface area (Å²) in [6, 6.07) is 18.2. The number of rotatable bonds is 6. The SMILES string of the molecule is Cc1ccc(NC(=O)c2cccc(NS(=O)(=O)c3ccccc3)c2)cc1[N+](=O)[O-]. The van der Waals surface area contributed by atoms with Crippen LogP contribution < -0.4 is 10.0 Å². The smallest absolute Gasteiger partial charge is 0.274 e. The zero-order valence-electron chi connectivity index (χ0n) is 15.3. The maximum absolute atomic E-state index is 12.5. The Morgan fingerprint density at radius 3 is 2.34 bits per heavy atom. The van der Waals surface area contributed by atoms with Gasteiger partial charge in [-0.1, -0.05) is 30.3 Å². The molecule has 29 heavy (non-hydrogen) atoms. The number of carbonyl (C=O) groups is 1. The largest absolute Gasteiger partial charge is 0.322 e. The Labute approximate surface area is 167 Å². The highest BCUT2D eigenvalue weighted by atomic mass is 32.2. The van der Waals surface area contributed by atoms with Crippen molar-refractivity contribution in [3.63, 3.8) is 0 Å². The molecule has 0 atom stereocenters. The van der Waals surface area contributed by atoms with Crippen LogP contribution in [0.3, 0.4) is 0 Å². The number of nitrogens with one attached hydrogen (secondary N) is 2. The van der Waals surface area contributed by atoms with Gasteiger partial charge in [0.15, 0.2) is 0 Å². The second-order valence-electron chi connectivity index (χ2n) is 6.21. The highest BCUT2D eigenvalue weighted by Crippen LogP contribution is 2.23. The molecule has 0 aliphatic carbocycles. The first-order valence-electron chi connectivity index (χ1n) is 8.50. The first kappa shape index (κ1) is 20.0. The van der Waals surface area contributed by atoms with Gasteiger partial charge in [-0.15, -0.1) is 0 Å². The molecule has 0 saturated carbocycles. The molecule has 0 bridgehead atoms. The van der Waals surface area contributed by atoms with Gasteiger partial charge in [0.2, 0.25) is 0 Å². The normalized spacial score (nSPS) is 10.9. The summed E-state index contributed by atoms with van der Waals surface area (Å²) in [5, 5.41) is 13.6. The van der Waals surface area contributed by atoms with Crippen molar-refractivity contribution < 1.29 is 18.1 Å². The van der Waals surface area contributed by atoms with Crippen molar-refractivity contribution in [3.05, 3.63) is 94.0 Å². The van der Waals surface area contributed by atoms with Crippen molar-refractivity contribution in [2.75, 3.05) is 10.0 Å². The van der Waals surface area contributed by atoms with Crippen molar-refractivity contribution in [1.29, 1.82) is 0 Å². The first-order chi connectivity index (χ1) is 13.8. The summed E-state index contributed by atoms with van der Waals surface area (Å²) >= 11 is 0. The third-order valence-electron chi connectivity index (χ3n) is 4.09. The zero-order valence-corrected chi connectivity index (χ0v) is 16.1. The number of nitro benzene ring substituents is 1. The van der Waals surface area contributed by atoms with E-state index in [0.29, 0.717) is 5.56 Å². The van der Waals surface area contributed by atoms with E-state index < -0.39 is 20.9 Å². The van der Waals surface area contributed by atoms with Gasteiger partial charge in [-0.2, -0.15) is 0 Å². The van der Waals surface area contributed by atoms with Crippen LogP contribution >= 0.6 is 0 Å². The highest BCUT2D eigenvalue weighted by Gasteiger charge is 2.16. The van der Waals surface area contributed by atoms with Gasteiger partial charge >= 0.3 is 0 Å². The lowest BCUT2D eigenvalue weighted by molar-refractivity contribution is -0.385. The minimum Gasteiger partial charge on any atom is -0.322 e. The Morgan fingerprint density at radius 1 is 0.931 bits per heavy atom. The van der Waals surface area contributed by atoms with Gasteiger partial charge in [-0.3, -0.25) is 19.6 Å². The van der Waals surface area contributed by atoms with E-state index in [0.717, 1.165) is 0 Å². The second kappa shape index (κ2) is 8.11. The monoisotopic (exact) mass is 411 g/mol. The molecule has 0 unspecified atom stereocenters. The van der Waals surface area contributed by atoms with Crippen LogP contribution in [0.4, 0.5) is 17.1 Å². The van der Waals surface area contributed by atoms with Gasteiger partial charge in [-0.05, 0) is 43.3 Å². The van der Waals surface area contributed by atoms with Crippen LogP contribution in [-0.2, 0) is 10.0 Å². The third-order valence-corrected chi connectivity index (χ3v) is 5.49. The predicted octanol–water partition coefficient (Wildman–Crippen LogP) is 3.96. The van der Waals surface area contributed by atoms with Crippen molar-refractivity contribution in [3.8, 4) is 0 Å². The predicted molar refractivity (Wildman–Crippen MR) is 109 cm³/mol. The summed E-state index contributed by atoms with van der Waals surface area (Å²) in [5.41, 5.74) is 1.05. The number of anilines is 2. The van der Waals surface area contributed by atoms with Crippen LogP contribution in [0.5, 0.6) is 0 Å². The van der Waals surface area contributed by atoms with E-state index in [2.05, 4.69) is 10.0 Å². The second-order valence-corrected chi connectivity index (χ2v) is 7.89. The number of aryl methyl sites for hydroxylation is 1. The molecule has 9 heteroatoms.